The van der Waals surface area contributed by atoms with Gasteiger partial charge in [-0.05, 0) is 23.1 Å². The van der Waals surface area contributed by atoms with Gasteiger partial charge in [-0.3, -0.25) is 9.67 Å². The summed E-state index contributed by atoms with van der Waals surface area (Å²) >= 11 is 0. The van der Waals surface area contributed by atoms with E-state index in [-0.39, 0.29) is 0 Å². The molecule has 2 heterocycles. The number of rotatable bonds is 5. The number of likely N-dealkylation sites (tertiary alicyclic amines) is 1. The molecule has 2 aromatic rings. The number of aryl methyl sites for hydroxylation is 1. The molecule has 1 aromatic heterocycles. The van der Waals surface area contributed by atoms with Crippen LogP contribution in [-0.2, 0) is 24.9 Å². The molecule has 1 aromatic carbocycles. The van der Waals surface area contributed by atoms with Gasteiger partial charge >= 0.3 is 0 Å². The van der Waals surface area contributed by atoms with Gasteiger partial charge in [-0.1, -0.05) is 24.3 Å². The van der Waals surface area contributed by atoms with Crippen LogP contribution in [0, 0.1) is 0 Å². The van der Waals surface area contributed by atoms with E-state index in [0.29, 0.717) is 12.5 Å². The van der Waals surface area contributed by atoms with Crippen molar-refractivity contribution in [2.75, 3.05) is 27.2 Å². The fourth-order valence-corrected chi connectivity index (χ4v) is 3.41. The van der Waals surface area contributed by atoms with E-state index in [2.05, 4.69) is 44.7 Å². The summed E-state index contributed by atoms with van der Waals surface area (Å²) in [5.41, 5.74) is 3.77. The second-order valence-corrected chi connectivity index (χ2v) is 6.48. The first-order valence-electron chi connectivity index (χ1n) is 8.71. The fraction of sp³-hybridized carbons (Fsp3) is 0.474. The van der Waals surface area contributed by atoms with Crippen LogP contribution in [0.15, 0.2) is 41.7 Å². The molecular formula is C19H27N5O. The molecule has 0 bridgehead atoms. The van der Waals surface area contributed by atoms with Gasteiger partial charge in [0.05, 0.1) is 12.8 Å². The van der Waals surface area contributed by atoms with E-state index in [1.165, 1.54) is 16.7 Å². The lowest BCUT2D eigenvalue weighted by molar-refractivity contribution is 0.184. The number of benzene rings is 1. The van der Waals surface area contributed by atoms with E-state index in [1.54, 1.807) is 7.11 Å². The number of methoxy groups -OCH3 is 1. The lowest BCUT2D eigenvalue weighted by Gasteiger charge is -2.22. The second-order valence-electron chi connectivity index (χ2n) is 6.48. The number of hydrogen-bond donors (Lipinski definition) is 1. The number of nitrogens with one attached hydrogen (secondary N) is 1. The number of nitrogens with zero attached hydrogens (tertiary/aromatic N) is 4. The van der Waals surface area contributed by atoms with Gasteiger partial charge < -0.3 is 15.0 Å². The predicted octanol–water partition coefficient (Wildman–Crippen LogP) is 2.13. The van der Waals surface area contributed by atoms with Crippen molar-refractivity contribution >= 4 is 5.96 Å². The molecule has 6 nitrogen and oxygen atoms in total. The van der Waals surface area contributed by atoms with Crippen LogP contribution in [0.4, 0.5) is 0 Å². The highest BCUT2D eigenvalue weighted by Gasteiger charge is 2.26. The van der Waals surface area contributed by atoms with Gasteiger partial charge in [0.15, 0.2) is 5.96 Å². The Labute approximate surface area is 149 Å². The van der Waals surface area contributed by atoms with Crippen molar-refractivity contribution in [1.82, 2.24) is 20.0 Å². The van der Waals surface area contributed by atoms with E-state index in [4.69, 9.17) is 4.74 Å². The number of ether oxygens (including phenoxy) is 1. The lowest BCUT2D eigenvalue weighted by atomic mass is 10.0. The first-order valence-corrected chi connectivity index (χ1v) is 8.71. The fourth-order valence-electron chi connectivity index (χ4n) is 3.41. The van der Waals surface area contributed by atoms with Crippen LogP contribution in [0.25, 0.3) is 0 Å². The van der Waals surface area contributed by atoms with Crippen LogP contribution in [-0.4, -0.2) is 47.9 Å². The summed E-state index contributed by atoms with van der Waals surface area (Å²) in [6, 6.07) is 8.35. The highest BCUT2D eigenvalue weighted by Crippen LogP contribution is 2.26. The van der Waals surface area contributed by atoms with Crippen molar-refractivity contribution in [2.24, 2.45) is 12.0 Å². The molecule has 0 aliphatic carbocycles. The van der Waals surface area contributed by atoms with Crippen molar-refractivity contribution in [2.45, 2.75) is 25.5 Å². The molecule has 25 heavy (non-hydrogen) atoms. The van der Waals surface area contributed by atoms with Crippen molar-refractivity contribution in [1.29, 1.82) is 0 Å². The number of guanidine groups is 1. The molecule has 1 N–H and O–H groups in total. The molecule has 1 aliphatic heterocycles. The Hall–Kier alpha value is -2.34. The number of aromatic nitrogens is 2. The van der Waals surface area contributed by atoms with E-state index in [9.17, 15) is 0 Å². The first-order chi connectivity index (χ1) is 12.2. The SMILES string of the molecule is CN=C(NCc1ccccc1COC)N1CCC(c2cnn(C)c2)C1. The quantitative estimate of drug-likeness (QED) is 0.669. The van der Waals surface area contributed by atoms with E-state index in [1.807, 2.05) is 31.0 Å². The molecule has 1 saturated heterocycles. The average Bonchev–Trinajstić information content (AvgIpc) is 3.26. The smallest absolute Gasteiger partial charge is 0.193 e. The van der Waals surface area contributed by atoms with Crippen LogP contribution in [0.3, 0.4) is 0 Å². The van der Waals surface area contributed by atoms with Crippen LogP contribution < -0.4 is 5.32 Å². The van der Waals surface area contributed by atoms with Crippen molar-refractivity contribution in [3.05, 3.63) is 53.3 Å². The summed E-state index contributed by atoms with van der Waals surface area (Å²) in [5, 5.41) is 7.80. The minimum absolute atomic E-state index is 0.521. The zero-order valence-corrected chi connectivity index (χ0v) is 15.3. The van der Waals surface area contributed by atoms with Gasteiger partial charge in [-0.25, -0.2) is 0 Å². The standard InChI is InChI=1S/C19H27N5O/c1-20-19(21-10-15-6-4-5-7-17(15)14-25-3)24-9-8-16(13-24)18-11-22-23(2)12-18/h4-7,11-12,16H,8-10,13-14H2,1-3H3,(H,20,21). The Kier molecular flexibility index (Phi) is 5.71. The van der Waals surface area contributed by atoms with E-state index < -0.39 is 0 Å². The average molecular weight is 341 g/mol. The lowest BCUT2D eigenvalue weighted by Crippen LogP contribution is -2.39. The minimum Gasteiger partial charge on any atom is -0.380 e. The van der Waals surface area contributed by atoms with E-state index >= 15 is 0 Å². The maximum Gasteiger partial charge on any atom is 0.193 e. The Bertz CT molecular complexity index is 724. The van der Waals surface area contributed by atoms with Gasteiger partial charge in [0.25, 0.3) is 0 Å². The Morgan fingerprint density at radius 1 is 1.36 bits per heavy atom. The topological polar surface area (TPSA) is 54.7 Å². The summed E-state index contributed by atoms with van der Waals surface area (Å²) in [5.74, 6) is 1.48. The minimum atomic E-state index is 0.521. The molecular weight excluding hydrogens is 314 g/mol. The molecule has 3 rings (SSSR count). The van der Waals surface area contributed by atoms with Gasteiger partial charge in [0, 0.05) is 53.0 Å². The maximum absolute atomic E-state index is 5.29. The van der Waals surface area contributed by atoms with E-state index in [0.717, 1.165) is 32.0 Å². The molecule has 1 fully saturated rings. The Balaban J connectivity index is 1.60. The maximum atomic E-state index is 5.29. The van der Waals surface area contributed by atoms with Crippen LogP contribution in [0.1, 0.15) is 29.0 Å². The molecule has 6 heteroatoms. The highest BCUT2D eigenvalue weighted by atomic mass is 16.5. The third-order valence-electron chi connectivity index (χ3n) is 4.75. The van der Waals surface area contributed by atoms with Gasteiger partial charge in [0.2, 0.25) is 0 Å². The molecule has 0 radical (unpaired) electrons. The highest BCUT2D eigenvalue weighted by molar-refractivity contribution is 5.80. The Morgan fingerprint density at radius 3 is 2.84 bits per heavy atom. The Morgan fingerprint density at radius 2 is 2.16 bits per heavy atom. The number of aliphatic imine (C=N–C) groups is 1. The predicted molar refractivity (Wildman–Crippen MR) is 99.5 cm³/mol. The largest absolute Gasteiger partial charge is 0.380 e. The van der Waals surface area contributed by atoms with Crippen LogP contribution >= 0.6 is 0 Å². The van der Waals surface area contributed by atoms with Crippen molar-refractivity contribution in [3.8, 4) is 0 Å². The summed E-state index contributed by atoms with van der Waals surface area (Å²) in [6.07, 6.45) is 5.23. The van der Waals surface area contributed by atoms with Crippen LogP contribution in [0.2, 0.25) is 0 Å². The second kappa shape index (κ2) is 8.16. The van der Waals surface area contributed by atoms with Crippen molar-refractivity contribution < 1.29 is 4.74 Å². The molecule has 0 amide bonds. The normalized spacial score (nSPS) is 18.0. The molecule has 1 unspecified atom stereocenters. The summed E-state index contributed by atoms with van der Waals surface area (Å²) in [6.45, 7) is 3.37. The summed E-state index contributed by atoms with van der Waals surface area (Å²) < 4.78 is 7.16. The van der Waals surface area contributed by atoms with Gasteiger partial charge in [-0.2, -0.15) is 5.10 Å². The molecule has 1 atom stereocenters. The zero-order valence-electron chi connectivity index (χ0n) is 15.3. The third-order valence-corrected chi connectivity index (χ3v) is 4.75. The number of hydrogen-bond acceptors (Lipinski definition) is 3. The third kappa shape index (κ3) is 4.20. The van der Waals surface area contributed by atoms with Gasteiger partial charge in [-0.15, -0.1) is 0 Å². The monoisotopic (exact) mass is 341 g/mol. The zero-order chi connectivity index (χ0) is 17.6. The van der Waals surface area contributed by atoms with Crippen LogP contribution in [0.5, 0.6) is 0 Å². The summed E-state index contributed by atoms with van der Waals surface area (Å²) in [7, 11) is 5.54. The first kappa shape index (κ1) is 17.5. The molecule has 0 saturated carbocycles. The molecule has 1 aliphatic rings. The van der Waals surface area contributed by atoms with Crippen molar-refractivity contribution in [3.63, 3.8) is 0 Å². The summed E-state index contributed by atoms with van der Waals surface area (Å²) in [4.78, 5) is 6.80. The van der Waals surface area contributed by atoms with Gasteiger partial charge in [0.1, 0.15) is 0 Å². The molecule has 0 spiro atoms. The molecule has 134 valence electrons.